The summed E-state index contributed by atoms with van der Waals surface area (Å²) in [6.45, 7) is 3.97. The van der Waals surface area contributed by atoms with Crippen molar-refractivity contribution in [3.63, 3.8) is 0 Å². The number of nitrogens with zero attached hydrogens (tertiary/aromatic N) is 2. The minimum atomic E-state index is -5.08. The number of hydrogen-bond donors (Lipinski definition) is 2. The second-order valence-electron chi connectivity index (χ2n) is 8.56. The number of benzene rings is 2. The molecule has 0 fully saturated rings. The van der Waals surface area contributed by atoms with Gasteiger partial charge < -0.3 is 10.0 Å². The van der Waals surface area contributed by atoms with E-state index in [9.17, 15) is 21.6 Å². The van der Waals surface area contributed by atoms with Crippen LogP contribution >= 0.6 is 22.9 Å². The van der Waals surface area contributed by atoms with E-state index in [1.54, 1.807) is 29.5 Å². The molecule has 0 radical (unpaired) electrons. The average molecular weight is 600 g/mol. The van der Waals surface area contributed by atoms with Gasteiger partial charge in [0.2, 0.25) is 0 Å². The van der Waals surface area contributed by atoms with Crippen LogP contribution in [0.4, 0.5) is 24.5 Å². The zero-order chi connectivity index (χ0) is 29.1. The largest absolute Gasteiger partial charge is 0.490 e. The first-order valence-corrected chi connectivity index (χ1v) is 14.1. The number of thiophene rings is 1. The van der Waals surface area contributed by atoms with Gasteiger partial charge in [-0.15, -0.1) is 11.3 Å². The molecule has 13 heteroatoms. The number of halogens is 4. The molecule has 0 saturated carbocycles. The summed E-state index contributed by atoms with van der Waals surface area (Å²) in [4.78, 5) is 17.8. The summed E-state index contributed by atoms with van der Waals surface area (Å²) >= 11 is 7.64. The Morgan fingerprint density at radius 1 is 1.13 bits per heavy atom. The topological polar surface area (TPSA) is 99.6 Å². The molecule has 208 valence electrons. The molecule has 0 aliphatic heterocycles. The first-order chi connectivity index (χ1) is 18.1. The molecule has 0 bridgehead atoms. The molecular weight excluding hydrogens is 575 g/mol. The van der Waals surface area contributed by atoms with Gasteiger partial charge in [0.15, 0.2) is 0 Å². The summed E-state index contributed by atoms with van der Waals surface area (Å²) in [6, 6.07) is 16.3. The number of alkyl halides is 3. The third-order valence-electron chi connectivity index (χ3n) is 5.43. The first-order valence-electron chi connectivity index (χ1n) is 11.4. The number of aryl methyl sites for hydroxylation is 2. The van der Waals surface area contributed by atoms with Crippen LogP contribution in [0.1, 0.15) is 17.5 Å². The highest BCUT2D eigenvalue weighted by atomic mass is 35.5. The molecule has 4 rings (SSSR count). The molecule has 0 saturated heterocycles. The van der Waals surface area contributed by atoms with Gasteiger partial charge in [0.25, 0.3) is 10.0 Å². The number of aromatic nitrogens is 1. The Labute approximate surface area is 232 Å². The van der Waals surface area contributed by atoms with Gasteiger partial charge in [0, 0.05) is 46.3 Å². The second kappa shape index (κ2) is 11.8. The van der Waals surface area contributed by atoms with Crippen LogP contribution in [-0.2, 0) is 21.2 Å². The van der Waals surface area contributed by atoms with E-state index >= 15 is 0 Å². The fourth-order valence-electron chi connectivity index (χ4n) is 3.68. The van der Waals surface area contributed by atoms with Crippen LogP contribution in [0.5, 0.6) is 0 Å². The van der Waals surface area contributed by atoms with E-state index in [-0.39, 0.29) is 4.90 Å². The van der Waals surface area contributed by atoms with Crippen molar-refractivity contribution in [3.05, 3.63) is 70.2 Å². The number of fused-ring (bicyclic) bond motifs is 1. The zero-order valence-corrected chi connectivity index (χ0v) is 23.7. The van der Waals surface area contributed by atoms with Gasteiger partial charge in [-0.3, -0.25) is 4.72 Å². The molecule has 4 aromatic rings. The van der Waals surface area contributed by atoms with Crippen LogP contribution in [-0.4, -0.2) is 44.7 Å². The predicted molar refractivity (Wildman–Crippen MR) is 149 cm³/mol. The Hall–Kier alpha value is -3.35. The van der Waals surface area contributed by atoms with Gasteiger partial charge in [0.05, 0.1) is 10.6 Å². The molecule has 2 heterocycles. The van der Waals surface area contributed by atoms with E-state index in [2.05, 4.69) is 34.7 Å². The van der Waals surface area contributed by atoms with Gasteiger partial charge in [-0.25, -0.2) is 18.2 Å². The normalized spacial score (nSPS) is 11.6. The van der Waals surface area contributed by atoms with Crippen LogP contribution in [0, 0.1) is 6.92 Å². The average Bonchev–Trinajstić information content (AvgIpc) is 3.22. The SMILES string of the molecule is CCc1sc2nc(C)cc(NS(=O)(=O)c3cccc(Cl)c3)c2c1-c1cccc(N(C)C)c1.O=C(O)C(F)(F)F. The van der Waals surface area contributed by atoms with Gasteiger partial charge in [-0.2, -0.15) is 13.2 Å². The highest BCUT2D eigenvalue weighted by Crippen LogP contribution is 2.43. The highest BCUT2D eigenvalue weighted by molar-refractivity contribution is 7.92. The lowest BCUT2D eigenvalue weighted by atomic mass is 10.00. The Morgan fingerprint density at radius 2 is 1.77 bits per heavy atom. The lowest BCUT2D eigenvalue weighted by molar-refractivity contribution is -0.192. The number of carbonyl (C=O) groups is 1. The molecule has 2 aromatic heterocycles. The summed E-state index contributed by atoms with van der Waals surface area (Å²) in [7, 11) is 0.174. The van der Waals surface area contributed by atoms with Crippen molar-refractivity contribution in [2.45, 2.75) is 31.3 Å². The van der Waals surface area contributed by atoms with E-state index in [4.69, 9.17) is 26.5 Å². The molecule has 2 aromatic carbocycles. The van der Waals surface area contributed by atoms with Crippen LogP contribution in [0.3, 0.4) is 0 Å². The Bertz CT molecular complexity index is 1620. The van der Waals surface area contributed by atoms with Crippen molar-refractivity contribution in [1.29, 1.82) is 0 Å². The summed E-state index contributed by atoms with van der Waals surface area (Å²) in [5.41, 5.74) is 4.40. The van der Waals surface area contributed by atoms with Crippen molar-refractivity contribution < 1.29 is 31.5 Å². The van der Waals surface area contributed by atoms with Crippen LogP contribution in [0.2, 0.25) is 5.02 Å². The number of hydrogen-bond acceptors (Lipinski definition) is 6. The smallest absolute Gasteiger partial charge is 0.475 e. The van der Waals surface area contributed by atoms with Crippen molar-refractivity contribution in [3.8, 4) is 11.1 Å². The van der Waals surface area contributed by atoms with E-state index in [1.807, 2.05) is 27.1 Å². The summed E-state index contributed by atoms with van der Waals surface area (Å²) in [5.74, 6) is -2.76. The maximum Gasteiger partial charge on any atom is 0.490 e. The molecule has 0 spiro atoms. The van der Waals surface area contributed by atoms with Gasteiger partial charge >= 0.3 is 12.1 Å². The second-order valence-corrected chi connectivity index (χ2v) is 11.8. The fraction of sp³-hybridized carbons (Fsp3) is 0.231. The first kappa shape index (κ1) is 30.2. The minimum Gasteiger partial charge on any atom is -0.475 e. The number of sulfonamides is 1. The molecule has 39 heavy (non-hydrogen) atoms. The quantitative estimate of drug-likeness (QED) is 0.248. The summed E-state index contributed by atoms with van der Waals surface area (Å²) < 4.78 is 60.9. The number of carboxylic acids is 1. The van der Waals surface area contributed by atoms with E-state index in [1.165, 1.54) is 12.1 Å². The van der Waals surface area contributed by atoms with Crippen molar-refractivity contribution in [1.82, 2.24) is 4.98 Å². The Balaban J connectivity index is 0.000000532. The van der Waals surface area contributed by atoms with Gasteiger partial charge in [-0.05, 0) is 55.3 Å². The molecular formula is C26H25ClF3N3O4S2. The van der Waals surface area contributed by atoms with E-state index in [0.29, 0.717) is 10.7 Å². The third-order valence-corrected chi connectivity index (χ3v) is 8.25. The van der Waals surface area contributed by atoms with E-state index < -0.39 is 22.2 Å². The molecule has 2 N–H and O–H groups in total. The molecule has 0 aliphatic carbocycles. The Kier molecular flexibility index (Phi) is 9.14. The van der Waals surface area contributed by atoms with Crippen molar-refractivity contribution >= 4 is 60.5 Å². The van der Waals surface area contributed by atoms with Crippen molar-refractivity contribution in [2.24, 2.45) is 0 Å². The van der Waals surface area contributed by atoms with Crippen LogP contribution < -0.4 is 9.62 Å². The maximum absolute atomic E-state index is 13.2. The van der Waals surface area contributed by atoms with Crippen LogP contribution in [0.15, 0.2) is 59.5 Å². The van der Waals surface area contributed by atoms with E-state index in [0.717, 1.165) is 44.0 Å². The maximum atomic E-state index is 13.2. The number of anilines is 2. The number of carboxylic acid groups (broad SMARTS) is 1. The molecule has 0 amide bonds. The molecule has 0 aliphatic rings. The fourth-order valence-corrected chi connectivity index (χ4v) is 6.25. The van der Waals surface area contributed by atoms with Gasteiger partial charge in [0.1, 0.15) is 4.83 Å². The van der Waals surface area contributed by atoms with Gasteiger partial charge in [-0.1, -0.05) is 36.7 Å². The lowest BCUT2D eigenvalue weighted by Gasteiger charge is -2.15. The van der Waals surface area contributed by atoms with Crippen molar-refractivity contribution in [2.75, 3.05) is 23.7 Å². The number of pyridine rings is 1. The zero-order valence-electron chi connectivity index (χ0n) is 21.3. The molecule has 7 nitrogen and oxygen atoms in total. The molecule has 0 atom stereocenters. The Morgan fingerprint density at radius 3 is 2.33 bits per heavy atom. The number of aliphatic carboxylic acids is 1. The van der Waals surface area contributed by atoms with Crippen LogP contribution in [0.25, 0.3) is 21.3 Å². The minimum absolute atomic E-state index is 0.120. The lowest BCUT2D eigenvalue weighted by Crippen LogP contribution is -2.21. The number of rotatable bonds is 6. The third kappa shape index (κ3) is 7.20. The molecule has 0 unspecified atom stereocenters. The monoisotopic (exact) mass is 599 g/mol. The summed E-state index contributed by atoms with van der Waals surface area (Å²) in [6.07, 6.45) is -4.26. The summed E-state index contributed by atoms with van der Waals surface area (Å²) in [5, 5.41) is 8.31. The predicted octanol–water partition coefficient (Wildman–Crippen LogP) is 6.99. The standard InChI is InChI=1S/C24H24ClN3O2S2.C2HF3O2/c1-5-21-22(16-8-6-10-18(13-16)28(3)4)23-20(12-15(2)26-24(23)31-21)27-32(29,30)19-11-7-9-17(25)14-19;3-2(4,5)1(6)7/h6-14H,5H2,1-4H3,(H,26,27);(H,6,7). The highest BCUT2D eigenvalue weighted by Gasteiger charge is 2.38. The number of nitrogens with one attached hydrogen (secondary N) is 1.